The summed E-state index contributed by atoms with van der Waals surface area (Å²) in [7, 11) is 0. The first-order valence-electron chi connectivity index (χ1n) is 7.20. The van der Waals surface area contributed by atoms with Crippen LogP contribution in [-0.4, -0.2) is 23.7 Å². The molecule has 0 atom stereocenters. The molecule has 0 fully saturated rings. The summed E-state index contributed by atoms with van der Waals surface area (Å²) in [5.74, 6) is -1.30. The summed E-state index contributed by atoms with van der Waals surface area (Å²) in [6, 6.07) is 1.41. The van der Waals surface area contributed by atoms with E-state index in [1.165, 1.54) is 6.07 Å². The Balaban J connectivity index is 3.32. The highest BCUT2D eigenvalue weighted by atomic mass is 79.9. The van der Waals surface area contributed by atoms with E-state index in [1.54, 1.807) is 6.92 Å². The number of carbonyl (C=O) groups excluding carboxylic acids is 1. The van der Waals surface area contributed by atoms with Gasteiger partial charge in [0.15, 0.2) is 0 Å². The van der Waals surface area contributed by atoms with Crippen molar-refractivity contribution in [1.82, 2.24) is 0 Å². The average molecular weight is 392 g/mol. The van der Waals surface area contributed by atoms with Crippen molar-refractivity contribution in [3.05, 3.63) is 32.3 Å². The predicted molar refractivity (Wildman–Crippen MR) is 89.8 cm³/mol. The molecule has 0 heterocycles. The second kappa shape index (κ2) is 8.53. The van der Waals surface area contributed by atoms with Gasteiger partial charge in [-0.05, 0) is 53.2 Å². The number of rotatable bonds is 7. The standard InChI is InChI=1S/C16H20BrClO4/c1-4-22-16(21)11-8-12(17)14(18)10(13(11)15(19)20)7-5-6-9(2)3/h8-9H,4-7H2,1-3H3,(H,19,20). The van der Waals surface area contributed by atoms with Crippen molar-refractivity contribution in [2.45, 2.75) is 40.0 Å². The first kappa shape index (κ1) is 19.0. The maximum absolute atomic E-state index is 12.0. The number of ether oxygens (including phenoxy) is 1. The molecule has 0 radical (unpaired) electrons. The maximum atomic E-state index is 12.0. The lowest BCUT2D eigenvalue weighted by atomic mass is 9.95. The molecular weight excluding hydrogens is 372 g/mol. The van der Waals surface area contributed by atoms with Crippen LogP contribution in [0.15, 0.2) is 10.5 Å². The van der Waals surface area contributed by atoms with E-state index in [0.717, 1.165) is 12.8 Å². The zero-order valence-electron chi connectivity index (χ0n) is 12.9. The molecule has 0 amide bonds. The summed E-state index contributed by atoms with van der Waals surface area (Å²) in [6.07, 6.45) is 2.26. The Morgan fingerprint density at radius 1 is 1.41 bits per heavy atom. The van der Waals surface area contributed by atoms with Gasteiger partial charge >= 0.3 is 11.9 Å². The summed E-state index contributed by atoms with van der Waals surface area (Å²) in [6.45, 7) is 6.06. The third-order valence-electron chi connectivity index (χ3n) is 3.23. The molecule has 1 rings (SSSR count). The third kappa shape index (κ3) is 4.71. The van der Waals surface area contributed by atoms with Gasteiger partial charge in [-0.1, -0.05) is 31.9 Å². The second-order valence-electron chi connectivity index (χ2n) is 5.39. The lowest BCUT2D eigenvalue weighted by molar-refractivity contribution is 0.0514. The molecule has 0 spiro atoms. The molecule has 0 saturated heterocycles. The van der Waals surface area contributed by atoms with Gasteiger partial charge in [-0.2, -0.15) is 0 Å². The van der Waals surface area contributed by atoms with Crippen LogP contribution in [0.2, 0.25) is 5.02 Å². The van der Waals surface area contributed by atoms with Gasteiger partial charge in [0.05, 0.1) is 22.8 Å². The molecule has 1 N–H and O–H groups in total. The molecule has 0 saturated carbocycles. The largest absolute Gasteiger partial charge is 0.478 e. The quantitative estimate of drug-likeness (QED) is 0.667. The summed E-state index contributed by atoms with van der Waals surface area (Å²) in [5.41, 5.74) is 0.452. The highest BCUT2D eigenvalue weighted by molar-refractivity contribution is 9.10. The smallest absolute Gasteiger partial charge is 0.339 e. The molecule has 0 aliphatic rings. The van der Waals surface area contributed by atoms with Gasteiger partial charge in [0.25, 0.3) is 0 Å². The Kier molecular flexibility index (Phi) is 7.36. The van der Waals surface area contributed by atoms with Gasteiger partial charge in [-0.25, -0.2) is 9.59 Å². The number of carboxylic acids is 1. The van der Waals surface area contributed by atoms with E-state index in [2.05, 4.69) is 29.8 Å². The number of carbonyl (C=O) groups is 2. The van der Waals surface area contributed by atoms with E-state index in [-0.39, 0.29) is 17.7 Å². The SMILES string of the molecule is CCOC(=O)c1cc(Br)c(Cl)c(CCCC(C)C)c1C(=O)O. The number of halogens is 2. The topological polar surface area (TPSA) is 63.6 Å². The van der Waals surface area contributed by atoms with E-state index in [4.69, 9.17) is 16.3 Å². The zero-order chi connectivity index (χ0) is 16.9. The Morgan fingerprint density at radius 2 is 2.05 bits per heavy atom. The minimum absolute atomic E-state index is 0.0326. The Hall–Kier alpha value is -1.07. The van der Waals surface area contributed by atoms with Crippen LogP contribution in [0, 0.1) is 5.92 Å². The van der Waals surface area contributed by atoms with E-state index < -0.39 is 11.9 Å². The Bertz CT molecular complexity index is 570. The van der Waals surface area contributed by atoms with Gasteiger partial charge in [-0.3, -0.25) is 0 Å². The fourth-order valence-electron chi connectivity index (χ4n) is 2.21. The van der Waals surface area contributed by atoms with Crippen molar-refractivity contribution >= 4 is 39.5 Å². The molecular formula is C16H20BrClO4. The molecule has 1 aromatic carbocycles. The Labute approximate surface area is 143 Å². The molecule has 0 aliphatic carbocycles. The Morgan fingerprint density at radius 3 is 2.55 bits per heavy atom. The highest BCUT2D eigenvalue weighted by Crippen LogP contribution is 2.33. The summed E-state index contributed by atoms with van der Waals surface area (Å²) < 4.78 is 5.45. The summed E-state index contributed by atoms with van der Waals surface area (Å²) in [4.78, 5) is 23.6. The van der Waals surface area contributed by atoms with Crippen LogP contribution < -0.4 is 0 Å². The normalized spacial score (nSPS) is 10.8. The molecule has 0 aliphatic heterocycles. The fraction of sp³-hybridized carbons (Fsp3) is 0.500. The van der Waals surface area contributed by atoms with Crippen LogP contribution in [-0.2, 0) is 11.2 Å². The minimum Gasteiger partial charge on any atom is -0.478 e. The first-order chi connectivity index (χ1) is 10.3. The van der Waals surface area contributed by atoms with Crippen molar-refractivity contribution in [3.63, 3.8) is 0 Å². The van der Waals surface area contributed by atoms with Crippen LogP contribution in [0.1, 0.15) is 59.9 Å². The summed E-state index contributed by atoms with van der Waals surface area (Å²) >= 11 is 9.54. The first-order valence-corrected chi connectivity index (χ1v) is 8.37. The van der Waals surface area contributed by atoms with Crippen molar-refractivity contribution in [2.24, 2.45) is 5.92 Å². The van der Waals surface area contributed by atoms with E-state index in [0.29, 0.717) is 27.4 Å². The number of esters is 1. The average Bonchev–Trinajstić information content (AvgIpc) is 2.42. The van der Waals surface area contributed by atoms with Gasteiger partial charge in [0.1, 0.15) is 0 Å². The molecule has 0 bridgehead atoms. The maximum Gasteiger partial charge on any atom is 0.339 e. The van der Waals surface area contributed by atoms with Crippen molar-refractivity contribution in [1.29, 1.82) is 0 Å². The number of benzene rings is 1. The van der Waals surface area contributed by atoms with Crippen molar-refractivity contribution < 1.29 is 19.4 Å². The van der Waals surface area contributed by atoms with E-state index >= 15 is 0 Å². The predicted octanol–water partition coefficient (Wildman–Crippen LogP) is 4.96. The van der Waals surface area contributed by atoms with E-state index in [9.17, 15) is 14.7 Å². The molecule has 122 valence electrons. The van der Waals surface area contributed by atoms with E-state index in [1.807, 2.05) is 0 Å². The van der Waals surface area contributed by atoms with Crippen LogP contribution in [0.3, 0.4) is 0 Å². The van der Waals surface area contributed by atoms with Crippen molar-refractivity contribution in [3.8, 4) is 0 Å². The van der Waals surface area contributed by atoms with Gasteiger partial charge in [0.2, 0.25) is 0 Å². The molecule has 22 heavy (non-hydrogen) atoms. The van der Waals surface area contributed by atoms with Gasteiger partial charge in [-0.15, -0.1) is 0 Å². The monoisotopic (exact) mass is 390 g/mol. The number of carboxylic acid groups (broad SMARTS) is 1. The third-order valence-corrected chi connectivity index (χ3v) is 4.52. The van der Waals surface area contributed by atoms with Crippen LogP contribution in [0.4, 0.5) is 0 Å². The van der Waals surface area contributed by atoms with Crippen LogP contribution >= 0.6 is 27.5 Å². The number of hydrogen-bond acceptors (Lipinski definition) is 3. The van der Waals surface area contributed by atoms with Crippen LogP contribution in [0.25, 0.3) is 0 Å². The summed E-state index contributed by atoms with van der Waals surface area (Å²) in [5, 5.41) is 9.85. The second-order valence-corrected chi connectivity index (χ2v) is 6.62. The number of hydrogen-bond donors (Lipinski definition) is 1. The zero-order valence-corrected chi connectivity index (χ0v) is 15.3. The fourth-order valence-corrected chi connectivity index (χ4v) is 2.93. The van der Waals surface area contributed by atoms with Crippen LogP contribution in [0.5, 0.6) is 0 Å². The molecule has 6 heteroatoms. The van der Waals surface area contributed by atoms with Gasteiger partial charge in [0, 0.05) is 4.47 Å². The molecule has 0 unspecified atom stereocenters. The lowest BCUT2D eigenvalue weighted by Crippen LogP contribution is -2.15. The minimum atomic E-state index is -1.17. The highest BCUT2D eigenvalue weighted by Gasteiger charge is 2.25. The number of aromatic carboxylic acids is 1. The van der Waals surface area contributed by atoms with Crippen molar-refractivity contribution in [2.75, 3.05) is 6.61 Å². The lowest BCUT2D eigenvalue weighted by Gasteiger charge is -2.15. The molecule has 0 aromatic heterocycles. The van der Waals surface area contributed by atoms with Gasteiger partial charge < -0.3 is 9.84 Å². The molecule has 4 nitrogen and oxygen atoms in total. The molecule has 1 aromatic rings.